The molecule has 0 saturated carbocycles. The summed E-state index contributed by atoms with van der Waals surface area (Å²) in [6.45, 7) is 2.42. The fourth-order valence-electron chi connectivity index (χ4n) is 1.68. The van der Waals surface area contributed by atoms with Gasteiger partial charge in [-0.1, -0.05) is 35.9 Å². The maximum atomic E-state index is 11.9. The summed E-state index contributed by atoms with van der Waals surface area (Å²) in [5, 5.41) is 3.09. The Labute approximate surface area is 119 Å². The summed E-state index contributed by atoms with van der Waals surface area (Å²) in [5.41, 5.74) is 1.94. The predicted octanol–water partition coefficient (Wildman–Crippen LogP) is 2.81. The van der Waals surface area contributed by atoms with Crippen molar-refractivity contribution in [3.63, 3.8) is 0 Å². The molecule has 0 bridgehead atoms. The molecular weight excluding hydrogens is 274 g/mol. The van der Waals surface area contributed by atoms with Gasteiger partial charge in [-0.25, -0.2) is 0 Å². The second-order valence-electron chi connectivity index (χ2n) is 4.38. The molecule has 4 nitrogen and oxygen atoms in total. The number of hydrogen-bond donors (Lipinski definition) is 1. The normalized spacial score (nSPS) is 11.2. The largest absolute Gasteiger partial charge is 0.383 e. The molecular formula is C15H17NO3S. The fourth-order valence-corrected chi connectivity index (χ4v) is 2.58. The molecule has 20 heavy (non-hydrogen) atoms. The van der Waals surface area contributed by atoms with Crippen molar-refractivity contribution in [2.24, 2.45) is 0 Å². The number of benzene rings is 2. The van der Waals surface area contributed by atoms with Crippen molar-refractivity contribution in [1.29, 1.82) is 0 Å². The van der Waals surface area contributed by atoms with Gasteiger partial charge < -0.3 is 5.32 Å². The highest BCUT2D eigenvalue weighted by molar-refractivity contribution is 7.86. The minimum Gasteiger partial charge on any atom is -0.383 e. The average Bonchev–Trinajstić information content (AvgIpc) is 2.45. The summed E-state index contributed by atoms with van der Waals surface area (Å²) in [4.78, 5) is 0.183. The zero-order valence-electron chi connectivity index (χ0n) is 11.2. The standard InChI is InChI=1S/C15H17NO3S/c1-13-7-9-15(10-8-13)20(17,18)19-12-11-16-14-5-3-2-4-6-14/h2-10,16H,11-12H2,1H3. The van der Waals surface area contributed by atoms with Crippen LogP contribution in [0.15, 0.2) is 59.5 Å². The van der Waals surface area contributed by atoms with Crippen molar-refractivity contribution in [3.05, 3.63) is 60.2 Å². The van der Waals surface area contributed by atoms with E-state index in [1.165, 1.54) is 0 Å². The number of para-hydroxylation sites is 1. The van der Waals surface area contributed by atoms with Crippen molar-refractivity contribution in [2.45, 2.75) is 11.8 Å². The van der Waals surface area contributed by atoms with E-state index in [2.05, 4.69) is 5.32 Å². The lowest BCUT2D eigenvalue weighted by atomic mass is 10.2. The number of anilines is 1. The molecule has 5 heteroatoms. The lowest BCUT2D eigenvalue weighted by molar-refractivity contribution is 0.331. The average molecular weight is 291 g/mol. The summed E-state index contributed by atoms with van der Waals surface area (Å²) >= 11 is 0. The smallest absolute Gasteiger partial charge is 0.297 e. The molecule has 0 aliphatic heterocycles. The highest BCUT2D eigenvalue weighted by Gasteiger charge is 2.14. The number of nitrogens with one attached hydrogen (secondary N) is 1. The van der Waals surface area contributed by atoms with E-state index in [9.17, 15) is 8.42 Å². The molecule has 1 N–H and O–H groups in total. The predicted molar refractivity (Wildman–Crippen MR) is 79.2 cm³/mol. The zero-order valence-corrected chi connectivity index (χ0v) is 12.1. The molecule has 106 valence electrons. The van der Waals surface area contributed by atoms with Crippen LogP contribution in [0.4, 0.5) is 5.69 Å². The molecule has 0 fully saturated rings. The van der Waals surface area contributed by atoms with Crippen molar-refractivity contribution in [2.75, 3.05) is 18.5 Å². The van der Waals surface area contributed by atoms with Crippen LogP contribution in [0.25, 0.3) is 0 Å². The minimum atomic E-state index is -3.67. The van der Waals surface area contributed by atoms with Gasteiger partial charge in [-0.3, -0.25) is 4.18 Å². The van der Waals surface area contributed by atoms with Crippen LogP contribution in [0.3, 0.4) is 0 Å². The van der Waals surface area contributed by atoms with Crippen LogP contribution < -0.4 is 5.32 Å². The summed E-state index contributed by atoms with van der Waals surface area (Å²) < 4.78 is 28.8. The Morgan fingerprint density at radius 3 is 2.30 bits per heavy atom. The monoisotopic (exact) mass is 291 g/mol. The van der Waals surface area contributed by atoms with Crippen LogP contribution in [0.2, 0.25) is 0 Å². The van der Waals surface area contributed by atoms with Crippen LogP contribution in [-0.2, 0) is 14.3 Å². The molecule has 2 rings (SSSR count). The molecule has 0 atom stereocenters. The van der Waals surface area contributed by atoms with Gasteiger partial charge >= 0.3 is 0 Å². The Hall–Kier alpha value is -1.85. The SMILES string of the molecule is Cc1ccc(S(=O)(=O)OCCNc2ccccc2)cc1. The van der Waals surface area contributed by atoms with E-state index in [4.69, 9.17) is 4.18 Å². The van der Waals surface area contributed by atoms with E-state index in [-0.39, 0.29) is 11.5 Å². The first-order valence-electron chi connectivity index (χ1n) is 6.33. The first-order chi connectivity index (χ1) is 9.58. The molecule has 0 aromatic heterocycles. The molecule has 0 saturated heterocycles. The Kier molecular flexibility index (Phi) is 4.76. The van der Waals surface area contributed by atoms with Crippen LogP contribution in [-0.4, -0.2) is 21.6 Å². The van der Waals surface area contributed by atoms with Crippen LogP contribution >= 0.6 is 0 Å². The van der Waals surface area contributed by atoms with E-state index >= 15 is 0 Å². The number of hydrogen-bond acceptors (Lipinski definition) is 4. The van der Waals surface area contributed by atoms with Gasteiger partial charge in [0.1, 0.15) is 0 Å². The molecule has 2 aromatic carbocycles. The van der Waals surface area contributed by atoms with E-state index in [0.717, 1.165) is 11.3 Å². The third-order valence-electron chi connectivity index (χ3n) is 2.75. The molecule has 0 amide bonds. The second kappa shape index (κ2) is 6.54. The quantitative estimate of drug-likeness (QED) is 0.657. The molecule has 0 aliphatic carbocycles. The topological polar surface area (TPSA) is 55.4 Å². The van der Waals surface area contributed by atoms with E-state index in [1.807, 2.05) is 37.3 Å². The van der Waals surface area contributed by atoms with Gasteiger partial charge in [0.25, 0.3) is 10.1 Å². The van der Waals surface area contributed by atoms with Crippen molar-refractivity contribution in [1.82, 2.24) is 0 Å². The second-order valence-corrected chi connectivity index (χ2v) is 6.00. The Bertz CT molecular complexity index is 637. The Morgan fingerprint density at radius 1 is 1.00 bits per heavy atom. The lowest BCUT2D eigenvalue weighted by Gasteiger charge is -2.08. The van der Waals surface area contributed by atoms with Crippen molar-refractivity contribution in [3.8, 4) is 0 Å². The summed E-state index contributed by atoms with van der Waals surface area (Å²) in [7, 11) is -3.67. The zero-order chi connectivity index (χ0) is 14.4. The highest BCUT2D eigenvalue weighted by atomic mass is 32.2. The molecule has 0 unspecified atom stereocenters. The first-order valence-corrected chi connectivity index (χ1v) is 7.74. The van der Waals surface area contributed by atoms with Gasteiger partial charge in [0, 0.05) is 12.2 Å². The number of rotatable bonds is 6. The third kappa shape index (κ3) is 4.08. The van der Waals surface area contributed by atoms with Crippen LogP contribution in [0.1, 0.15) is 5.56 Å². The molecule has 0 aliphatic rings. The maximum Gasteiger partial charge on any atom is 0.297 e. The first kappa shape index (κ1) is 14.6. The molecule has 0 radical (unpaired) electrons. The van der Waals surface area contributed by atoms with Gasteiger partial charge in [0.15, 0.2) is 0 Å². The summed E-state index contributed by atoms with van der Waals surface area (Å²) in [6, 6.07) is 16.2. The van der Waals surface area contributed by atoms with Gasteiger partial charge in [-0.15, -0.1) is 0 Å². The molecule has 0 heterocycles. The van der Waals surface area contributed by atoms with E-state index in [0.29, 0.717) is 6.54 Å². The van der Waals surface area contributed by atoms with Crippen molar-refractivity contribution < 1.29 is 12.6 Å². The van der Waals surface area contributed by atoms with Gasteiger partial charge in [0.05, 0.1) is 11.5 Å². The van der Waals surface area contributed by atoms with Gasteiger partial charge in [0.2, 0.25) is 0 Å². The summed E-state index contributed by atoms with van der Waals surface area (Å²) in [5.74, 6) is 0. The van der Waals surface area contributed by atoms with Crippen LogP contribution in [0.5, 0.6) is 0 Å². The minimum absolute atomic E-state index is 0.0884. The highest BCUT2D eigenvalue weighted by Crippen LogP contribution is 2.13. The third-order valence-corrected chi connectivity index (χ3v) is 4.08. The van der Waals surface area contributed by atoms with Gasteiger partial charge in [-0.05, 0) is 31.2 Å². The Balaban J connectivity index is 1.85. The fraction of sp³-hybridized carbons (Fsp3) is 0.200. The lowest BCUT2D eigenvalue weighted by Crippen LogP contribution is -2.14. The van der Waals surface area contributed by atoms with Gasteiger partial charge in [-0.2, -0.15) is 8.42 Å². The Morgan fingerprint density at radius 2 is 1.65 bits per heavy atom. The molecule has 2 aromatic rings. The number of aryl methyl sites for hydroxylation is 1. The molecule has 0 spiro atoms. The van der Waals surface area contributed by atoms with Crippen molar-refractivity contribution >= 4 is 15.8 Å². The van der Waals surface area contributed by atoms with E-state index in [1.54, 1.807) is 24.3 Å². The van der Waals surface area contributed by atoms with E-state index < -0.39 is 10.1 Å². The van der Waals surface area contributed by atoms with Crippen LogP contribution in [0, 0.1) is 6.92 Å². The maximum absolute atomic E-state index is 11.9. The summed E-state index contributed by atoms with van der Waals surface area (Å²) in [6.07, 6.45) is 0.